The molecular weight excluding hydrogens is 280 g/mol. The molecule has 0 bridgehead atoms. The van der Waals surface area contributed by atoms with E-state index in [0.717, 1.165) is 12.0 Å². The van der Waals surface area contributed by atoms with Crippen LogP contribution >= 0.6 is 11.6 Å². The molecule has 1 aromatic heterocycles. The molecule has 7 heteroatoms. The maximum atomic E-state index is 6.26. The molecule has 1 N–H and O–H groups in total. The first-order valence-corrected chi connectivity index (χ1v) is 6.70. The summed E-state index contributed by atoms with van der Waals surface area (Å²) in [5, 5.41) is 8.05. The van der Waals surface area contributed by atoms with Crippen LogP contribution in [0.1, 0.15) is 18.9 Å². The molecule has 0 unspecified atom stereocenters. The second-order valence-corrected chi connectivity index (χ2v) is 4.55. The van der Waals surface area contributed by atoms with Crippen LogP contribution in [0.2, 0.25) is 5.02 Å². The van der Waals surface area contributed by atoms with Crippen LogP contribution in [0.25, 0.3) is 0 Å². The minimum atomic E-state index is 0.529. The number of methoxy groups -OCH3 is 1. The Bertz CT molecular complexity index is 546. The number of aromatic nitrogens is 3. The van der Waals surface area contributed by atoms with E-state index in [-0.39, 0.29) is 0 Å². The van der Waals surface area contributed by atoms with Crippen LogP contribution in [0.15, 0.2) is 24.8 Å². The highest BCUT2D eigenvalue weighted by molar-refractivity contribution is 6.31. The molecule has 0 saturated heterocycles. The van der Waals surface area contributed by atoms with Crippen LogP contribution in [-0.4, -0.2) is 28.6 Å². The summed E-state index contributed by atoms with van der Waals surface area (Å²) in [6.07, 6.45) is 4.07. The third-order valence-electron chi connectivity index (χ3n) is 2.67. The lowest BCUT2D eigenvalue weighted by Gasteiger charge is -2.14. The Morgan fingerprint density at radius 3 is 2.65 bits per heavy atom. The van der Waals surface area contributed by atoms with Gasteiger partial charge in [0.2, 0.25) is 0 Å². The Kier molecular flexibility index (Phi) is 5.06. The molecule has 0 radical (unpaired) electrons. The summed E-state index contributed by atoms with van der Waals surface area (Å²) in [7, 11) is 1.61. The maximum absolute atomic E-state index is 6.26. The van der Waals surface area contributed by atoms with Gasteiger partial charge < -0.3 is 14.9 Å². The first-order chi connectivity index (χ1) is 9.74. The minimum Gasteiger partial charge on any atom is -0.493 e. The van der Waals surface area contributed by atoms with E-state index < -0.39 is 0 Å². The molecule has 108 valence electrons. The fourth-order valence-corrected chi connectivity index (χ4v) is 1.88. The third kappa shape index (κ3) is 3.54. The van der Waals surface area contributed by atoms with Crippen LogP contribution in [0.5, 0.6) is 11.5 Å². The zero-order valence-electron chi connectivity index (χ0n) is 11.5. The van der Waals surface area contributed by atoms with Gasteiger partial charge in [0.05, 0.1) is 20.3 Å². The Hall–Kier alpha value is -1.95. The van der Waals surface area contributed by atoms with Crippen molar-refractivity contribution in [2.45, 2.75) is 19.9 Å². The highest BCUT2D eigenvalue weighted by atomic mass is 35.5. The number of rotatable bonds is 7. The quantitative estimate of drug-likeness (QED) is 0.850. The monoisotopic (exact) mass is 296 g/mol. The van der Waals surface area contributed by atoms with Gasteiger partial charge in [0.15, 0.2) is 11.5 Å². The van der Waals surface area contributed by atoms with Gasteiger partial charge in [-0.1, -0.05) is 18.5 Å². The summed E-state index contributed by atoms with van der Waals surface area (Å²) in [5.41, 5.74) is 4.01. The van der Waals surface area contributed by atoms with Crippen molar-refractivity contribution >= 4 is 11.6 Å². The van der Waals surface area contributed by atoms with Crippen molar-refractivity contribution in [1.82, 2.24) is 14.9 Å². The molecule has 0 amide bonds. The van der Waals surface area contributed by atoms with Crippen molar-refractivity contribution in [3.8, 4) is 11.5 Å². The number of ether oxygens (including phenoxy) is 2. The highest BCUT2D eigenvalue weighted by Crippen LogP contribution is 2.33. The van der Waals surface area contributed by atoms with Crippen LogP contribution in [0, 0.1) is 0 Å². The van der Waals surface area contributed by atoms with Gasteiger partial charge in [0.25, 0.3) is 0 Å². The summed E-state index contributed by atoms with van der Waals surface area (Å²) in [4.78, 5) is 0. The molecule has 0 saturated carbocycles. The summed E-state index contributed by atoms with van der Waals surface area (Å²) < 4.78 is 12.6. The van der Waals surface area contributed by atoms with Gasteiger partial charge >= 0.3 is 0 Å². The van der Waals surface area contributed by atoms with Crippen molar-refractivity contribution in [2.75, 3.05) is 19.1 Å². The van der Waals surface area contributed by atoms with E-state index in [2.05, 4.69) is 15.6 Å². The highest BCUT2D eigenvalue weighted by Gasteiger charge is 2.10. The second kappa shape index (κ2) is 7.00. The second-order valence-electron chi connectivity index (χ2n) is 4.15. The summed E-state index contributed by atoms with van der Waals surface area (Å²) in [6, 6.07) is 3.64. The van der Waals surface area contributed by atoms with Crippen molar-refractivity contribution in [3.05, 3.63) is 35.4 Å². The average Bonchev–Trinajstić information content (AvgIpc) is 2.97. The summed E-state index contributed by atoms with van der Waals surface area (Å²) >= 11 is 6.26. The average molecular weight is 297 g/mol. The Morgan fingerprint density at radius 1 is 1.25 bits per heavy atom. The zero-order valence-corrected chi connectivity index (χ0v) is 12.2. The lowest BCUT2D eigenvalue weighted by molar-refractivity contribution is 0.294. The van der Waals surface area contributed by atoms with Gasteiger partial charge in [0.1, 0.15) is 12.7 Å². The molecule has 0 aliphatic heterocycles. The van der Waals surface area contributed by atoms with Gasteiger partial charge in [-0.15, -0.1) is 10.2 Å². The lowest BCUT2D eigenvalue weighted by Crippen LogP contribution is -2.12. The van der Waals surface area contributed by atoms with Crippen molar-refractivity contribution in [2.24, 2.45) is 0 Å². The van der Waals surface area contributed by atoms with Crippen LogP contribution < -0.4 is 14.9 Å². The van der Waals surface area contributed by atoms with E-state index in [1.165, 1.54) is 0 Å². The van der Waals surface area contributed by atoms with Crippen molar-refractivity contribution in [1.29, 1.82) is 0 Å². The number of halogens is 1. The Morgan fingerprint density at radius 2 is 2.00 bits per heavy atom. The predicted octanol–water partition coefficient (Wildman–Crippen LogP) is 2.47. The molecule has 1 aromatic carbocycles. The molecule has 0 atom stereocenters. The van der Waals surface area contributed by atoms with Crippen LogP contribution in [0.4, 0.5) is 0 Å². The zero-order chi connectivity index (χ0) is 14.4. The van der Waals surface area contributed by atoms with Crippen molar-refractivity contribution < 1.29 is 9.47 Å². The molecular formula is C13H17ClN4O2. The van der Waals surface area contributed by atoms with Gasteiger partial charge in [-0.3, -0.25) is 0 Å². The predicted molar refractivity (Wildman–Crippen MR) is 76.9 cm³/mol. The normalized spacial score (nSPS) is 10.3. The summed E-state index contributed by atoms with van der Waals surface area (Å²) in [5.74, 6) is 1.33. The first-order valence-electron chi connectivity index (χ1n) is 6.32. The first kappa shape index (κ1) is 14.5. The van der Waals surface area contributed by atoms with E-state index in [1.54, 1.807) is 30.5 Å². The molecule has 1 heterocycles. The van der Waals surface area contributed by atoms with E-state index in [0.29, 0.717) is 29.7 Å². The molecule has 20 heavy (non-hydrogen) atoms. The molecule has 0 aliphatic rings. The SMILES string of the molecule is CCCOc1cc(Cl)c(CNn2cnnc2)cc1OC. The number of hydrogen-bond acceptors (Lipinski definition) is 5. The number of benzene rings is 1. The molecule has 0 fully saturated rings. The fourth-order valence-electron chi connectivity index (χ4n) is 1.66. The molecule has 2 rings (SSSR count). The van der Waals surface area contributed by atoms with Gasteiger partial charge in [0, 0.05) is 11.1 Å². The van der Waals surface area contributed by atoms with Crippen LogP contribution in [-0.2, 0) is 6.54 Å². The van der Waals surface area contributed by atoms with Gasteiger partial charge in [-0.2, -0.15) is 0 Å². The van der Waals surface area contributed by atoms with Gasteiger partial charge in [-0.25, -0.2) is 4.68 Å². The van der Waals surface area contributed by atoms with E-state index in [4.69, 9.17) is 21.1 Å². The largest absolute Gasteiger partial charge is 0.493 e. The maximum Gasteiger partial charge on any atom is 0.162 e. The van der Waals surface area contributed by atoms with Crippen LogP contribution in [0.3, 0.4) is 0 Å². The van der Waals surface area contributed by atoms with Crippen molar-refractivity contribution in [3.63, 3.8) is 0 Å². The van der Waals surface area contributed by atoms with E-state index in [9.17, 15) is 0 Å². The minimum absolute atomic E-state index is 0.529. The Labute approximate surface area is 122 Å². The summed E-state index contributed by atoms with van der Waals surface area (Å²) in [6.45, 7) is 3.21. The van der Waals surface area contributed by atoms with E-state index in [1.807, 2.05) is 13.0 Å². The Balaban J connectivity index is 2.12. The molecule has 2 aromatic rings. The standard InChI is InChI=1S/C13H17ClN4O2/c1-3-4-20-13-6-11(14)10(5-12(13)19-2)7-17-18-8-15-16-9-18/h5-6,8-9,17H,3-4,7H2,1-2H3. The fraction of sp³-hybridized carbons (Fsp3) is 0.385. The number of nitrogens with zero attached hydrogens (tertiary/aromatic N) is 3. The lowest BCUT2D eigenvalue weighted by atomic mass is 10.2. The number of nitrogens with one attached hydrogen (secondary N) is 1. The third-order valence-corrected chi connectivity index (χ3v) is 3.02. The topological polar surface area (TPSA) is 61.2 Å². The molecule has 6 nitrogen and oxygen atoms in total. The smallest absolute Gasteiger partial charge is 0.162 e. The molecule has 0 aliphatic carbocycles. The number of hydrogen-bond donors (Lipinski definition) is 1. The molecule has 0 spiro atoms. The van der Waals surface area contributed by atoms with E-state index >= 15 is 0 Å². The van der Waals surface area contributed by atoms with Gasteiger partial charge in [-0.05, 0) is 18.1 Å².